The van der Waals surface area contributed by atoms with E-state index >= 15 is 0 Å². The van der Waals surface area contributed by atoms with Crippen LogP contribution in [0.25, 0.3) is 11.3 Å². The lowest BCUT2D eigenvalue weighted by molar-refractivity contribution is -0.141. The minimum atomic E-state index is -4.86. The molecule has 0 aliphatic carbocycles. The number of aromatic amines is 1. The number of benzene rings is 2. The second-order valence-corrected chi connectivity index (χ2v) is 8.30. The predicted octanol–water partition coefficient (Wildman–Crippen LogP) is 5.17. The molecular weight excluding hydrogens is 518 g/mol. The first kappa shape index (κ1) is 25.7. The highest BCUT2D eigenvalue weighted by Crippen LogP contribution is 2.31. The monoisotopic (exact) mass is 535 g/mol. The molecule has 0 radical (unpaired) electrons. The number of carbonyl (C=O) groups is 1. The Hall–Kier alpha value is -4.39. The zero-order chi connectivity index (χ0) is 26.9. The van der Waals surface area contributed by atoms with Crippen molar-refractivity contribution in [2.75, 3.05) is 5.32 Å². The standard InChI is InChI=1S/C23H18ClF4N7O2/c1-11-7-13(24)4-5-16(11)29-22(31-21(37)14-10-35(2)34-20(14)23(26,27)28)30-19-9-17(32-33-19)12-3-6-18(36)15(25)8-12/h3-10,36H,1-2H3,(H3,29,30,31,32,33,37). The molecule has 0 atom stereocenters. The summed E-state index contributed by atoms with van der Waals surface area (Å²) in [6.45, 7) is 1.72. The van der Waals surface area contributed by atoms with Crippen LogP contribution >= 0.6 is 11.6 Å². The number of nitrogens with zero attached hydrogens (tertiary/aromatic N) is 4. The average molecular weight is 536 g/mol. The van der Waals surface area contributed by atoms with E-state index in [1.54, 1.807) is 25.1 Å². The van der Waals surface area contributed by atoms with Gasteiger partial charge >= 0.3 is 6.18 Å². The normalized spacial score (nSPS) is 12.0. The number of aromatic hydroxyl groups is 1. The fraction of sp³-hybridized carbons (Fsp3) is 0.130. The van der Waals surface area contributed by atoms with Crippen molar-refractivity contribution >= 4 is 35.0 Å². The number of carbonyl (C=O) groups excluding carboxylic acids is 1. The SMILES string of the molecule is Cc1cc(Cl)ccc1NC(=Nc1cc(-c2ccc(O)c(F)c2)[nH]n1)NC(=O)c1cn(C)nc1C(F)(F)F. The Morgan fingerprint density at radius 3 is 2.62 bits per heavy atom. The second-order valence-electron chi connectivity index (χ2n) is 7.87. The molecular formula is C23H18ClF4N7O2. The van der Waals surface area contributed by atoms with E-state index in [9.17, 15) is 27.5 Å². The van der Waals surface area contributed by atoms with Gasteiger partial charge in [-0.25, -0.2) is 4.39 Å². The summed E-state index contributed by atoms with van der Waals surface area (Å²) >= 11 is 5.99. The van der Waals surface area contributed by atoms with Crippen LogP contribution in [0.1, 0.15) is 21.6 Å². The number of anilines is 1. The summed E-state index contributed by atoms with van der Waals surface area (Å²) in [6.07, 6.45) is -3.92. The number of nitrogens with one attached hydrogen (secondary N) is 3. The Morgan fingerprint density at radius 1 is 1.19 bits per heavy atom. The van der Waals surface area contributed by atoms with Gasteiger partial charge in [-0.2, -0.15) is 28.4 Å². The molecule has 0 saturated heterocycles. The molecule has 9 nitrogen and oxygen atoms in total. The Labute approximate surface area is 211 Å². The fourth-order valence-corrected chi connectivity index (χ4v) is 3.55. The molecule has 0 fully saturated rings. The van der Waals surface area contributed by atoms with Crippen molar-refractivity contribution in [1.29, 1.82) is 0 Å². The van der Waals surface area contributed by atoms with Crippen molar-refractivity contribution in [3.8, 4) is 17.0 Å². The quantitative estimate of drug-likeness (QED) is 0.163. The molecule has 192 valence electrons. The Morgan fingerprint density at radius 2 is 1.95 bits per heavy atom. The van der Waals surface area contributed by atoms with Gasteiger partial charge in [-0.15, -0.1) is 0 Å². The molecule has 4 aromatic rings. The third kappa shape index (κ3) is 5.89. The van der Waals surface area contributed by atoms with E-state index in [0.717, 1.165) is 23.0 Å². The first-order chi connectivity index (χ1) is 17.4. The van der Waals surface area contributed by atoms with Crippen LogP contribution in [-0.2, 0) is 13.2 Å². The molecule has 1 amide bonds. The lowest BCUT2D eigenvalue weighted by atomic mass is 10.1. The first-order valence-corrected chi connectivity index (χ1v) is 10.9. The van der Waals surface area contributed by atoms with E-state index in [1.165, 1.54) is 19.2 Å². The highest BCUT2D eigenvalue weighted by atomic mass is 35.5. The lowest BCUT2D eigenvalue weighted by Crippen LogP contribution is -2.36. The molecule has 4 N–H and O–H groups in total. The van der Waals surface area contributed by atoms with E-state index in [1.807, 2.05) is 0 Å². The van der Waals surface area contributed by atoms with Crippen molar-refractivity contribution in [1.82, 2.24) is 25.3 Å². The van der Waals surface area contributed by atoms with Gasteiger partial charge in [0.2, 0.25) is 5.96 Å². The molecule has 2 aromatic heterocycles. The van der Waals surface area contributed by atoms with E-state index in [4.69, 9.17) is 11.6 Å². The maximum absolute atomic E-state index is 13.7. The molecule has 0 aliphatic rings. The number of phenolic OH excluding ortho intramolecular Hbond substituents is 1. The van der Waals surface area contributed by atoms with Crippen LogP contribution in [0, 0.1) is 12.7 Å². The largest absolute Gasteiger partial charge is 0.505 e. The van der Waals surface area contributed by atoms with Gasteiger partial charge in [0.25, 0.3) is 5.91 Å². The minimum Gasteiger partial charge on any atom is -0.505 e. The molecule has 14 heteroatoms. The Kier molecular flexibility index (Phi) is 6.90. The van der Waals surface area contributed by atoms with Gasteiger partial charge in [-0.05, 0) is 48.9 Å². The van der Waals surface area contributed by atoms with Crippen LogP contribution in [0.15, 0.2) is 53.7 Å². The highest BCUT2D eigenvalue weighted by Gasteiger charge is 2.39. The number of aryl methyl sites for hydroxylation is 2. The van der Waals surface area contributed by atoms with Crippen LogP contribution in [0.3, 0.4) is 0 Å². The fourth-order valence-electron chi connectivity index (χ4n) is 3.33. The third-order valence-electron chi connectivity index (χ3n) is 5.06. The summed E-state index contributed by atoms with van der Waals surface area (Å²) in [5.41, 5.74) is -0.263. The van der Waals surface area contributed by atoms with E-state index in [2.05, 4.69) is 30.9 Å². The summed E-state index contributed by atoms with van der Waals surface area (Å²) in [5, 5.41) is 25.0. The van der Waals surface area contributed by atoms with Crippen LogP contribution in [0.5, 0.6) is 5.75 Å². The predicted molar refractivity (Wildman–Crippen MR) is 128 cm³/mol. The van der Waals surface area contributed by atoms with Crippen LogP contribution < -0.4 is 10.6 Å². The molecule has 2 heterocycles. The number of aliphatic imine (C=N–C) groups is 1. The van der Waals surface area contributed by atoms with E-state index < -0.39 is 34.9 Å². The number of hydrogen-bond acceptors (Lipinski definition) is 5. The number of H-pyrrole nitrogens is 1. The van der Waals surface area contributed by atoms with Crippen molar-refractivity contribution in [3.63, 3.8) is 0 Å². The highest BCUT2D eigenvalue weighted by molar-refractivity contribution is 6.30. The zero-order valence-corrected chi connectivity index (χ0v) is 19.9. The van der Waals surface area contributed by atoms with Crippen LogP contribution in [-0.4, -0.2) is 37.0 Å². The number of alkyl halides is 3. The van der Waals surface area contributed by atoms with Gasteiger partial charge in [0.05, 0.1) is 11.3 Å². The van der Waals surface area contributed by atoms with Crippen molar-refractivity contribution in [3.05, 3.63) is 76.3 Å². The number of guanidine groups is 1. The number of phenols is 1. The molecule has 4 rings (SSSR count). The number of rotatable bonds is 4. The van der Waals surface area contributed by atoms with E-state index in [-0.39, 0.29) is 11.8 Å². The number of halogens is 5. The maximum Gasteiger partial charge on any atom is 0.435 e. The topological polar surface area (TPSA) is 120 Å². The van der Waals surface area contributed by atoms with Crippen molar-refractivity contribution in [2.45, 2.75) is 13.1 Å². The van der Waals surface area contributed by atoms with Gasteiger partial charge in [-0.1, -0.05) is 11.6 Å². The average Bonchev–Trinajstić information content (AvgIpc) is 3.44. The maximum atomic E-state index is 13.7. The molecule has 37 heavy (non-hydrogen) atoms. The number of aromatic nitrogens is 4. The summed E-state index contributed by atoms with van der Waals surface area (Å²) in [4.78, 5) is 17.1. The number of hydrogen-bond donors (Lipinski definition) is 4. The van der Waals surface area contributed by atoms with Gasteiger partial charge < -0.3 is 10.4 Å². The van der Waals surface area contributed by atoms with Crippen LogP contribution in [0.2, 0.25) is 5.02 Å². The zero-order valence-electron chi connectivity index (χ0n) is 19.2. The van der Waals surface area contributed by atoms with Gasteiger partial charge in [0.15, 0.2) is 23.1 Å². The third-order valence-corrected chi connectivity index (χ3v) is 5.30. The smallest absolute Gasteiger partial charge is 0.435 e. The molecule has 0 unspecified atom stereocenters. The minimum absolute atomic E-state index is 0.0140. The lowest BCUT2D eigenvalue weighted by Gasteiger charge is -2.13. The number of amides is 1. The molecule has 0 aliphatic heterocycles. The van der Waals surface area contributed by atoms with Gasteiger partial charge in [0.1, 0.15) is 0 Å². The van der Waals surface area contributed by atoms with Crippen molar-refractivity contribution in [2.24, 2.45) is 12.0 Å². The molecule has 0 bridgehead atoms. The summed E-state index contributed by atoms with van der Waals surface area (Å²) < 4.78 is 54.8. The second kappa shape index (κ2) is 9.93. The summed E-state index contributed by atoms with van der Waals surface area (Å²) in [6, 6.07) is 9.91. The van der Waals surface area contributed by atoms with Crippen LogP contribution in [0.4, 0.5) is 29.1 Å². The Balaban J connectivity index is 1.69. The molecule has 0 spiro atoms. The summed E-state index contributed by atoms with van der Waals surface area (Å²) in [7, 11) is 1.26. The molecule has 2 aromatic carbocycles. The Bertz CT molecular complexity index is 1510. The van der Waals surface area contributed by atoms with Gasteiger partial charge in [0, 0.05) is 35.6 Å². The van der Waals surface area contributed by atoms with Gasteiger partial charge in [-0.3, -0.25) is 19.9 Å². The van der Waals surface area contributed by atoms with E-state index in [0.29, 0.717) is 27.5 Å². The first-order valence-electron chi connectivity index (χ1n) is 10.5. The molecule has 0 saturated carbocycles. The van der Waals surface area contributed by atoms with Crippen molar-refractivity contribution < 1.29 is 27.5 Å². The summed E-state index contributed by atoms with van der Waals surface area (Å²) in [5.74, 6) is -2.72.